The first-order valence-corrected chi connectivity index (χ1v) is 39.8. The number of amides is 1. The third-order valence-electron chi connectivity index (χ3n) is 19.0. The lowest BCUT2D eigenvalue weighted by atomic mass is 9.96. The summed E-state index contributed by atoms with van der Waals surface area (Å²) in [6, 6.07) is -1.03. The minimum Gasteiger partial charge on any atom is -0.394 e. The van der Waals surface area contributed by atoms with Gasteiger partial charge in [-0.05, 0) is 103 Å². The van der Waals surface area contributed by atoms with Gasteiger partial charge in [0.15, 0.2) is 18.9 Å². The van der Waals surface area contributed by atoms with Gasteiger partial charge < -0.3 is 89.9 Å². The second-order valence-corrected chi connectivity index (χ2v) is 27.8. The summed E-state index contributed by atoms with van der Waals surface area (Å²) in [4.78, 5) is 13.4. The number of aliphatic hydroxyl groups excluding tert-OH is 11. The van der Waals surface area contributed by atoms with Gasteiger partial charge in [-0.15, -0.1) is 0 Å². The first-order valence-electron chi connectivity index (χ1n) is 39.8. The average molecular weight is 1440 g/mol. The van der Waals surface area contributed by atoms with Crippen LogP contribution in [-0.2, 0) is 33.2 Å². The van der Waals surface area contributed by atoms with E-state index in [4.69, 9.17) is 28.4 Å². The molecule has 0 aromatic carbocycles. The molecule has 586 valence electrons. The minimum absolute atomic E-state index is 0.184. The van der Waals surface area contributed by atoms with Crippen LogP contribution < -0.4 is 5.32 Å². The Kier molecular flexibility index (Phi) is 56.4. The molecule has 3 aliphatic heterocycles. The van der Waals surface area contributed by atoms with Gasteiger partial charge in [0.2, 0.25) is 5.91 Å². The van der Waals surface area contributed by atoms with Gasteiger partial charge in [-0.1, -0.05) is 277 Å². The molecule has 3 heterocycles. The Morgan fingerprint density at radius 2 is 0.686 bits per heavy atom. The number of hydrogen-bond acceptors (Lipinski definition) is 18. The number of rotatable bonds is 61. The summed E-state index contributed by atoms with van der Waals surface area (Å²) in [6.45, 7) is 1.58. The van der Waals surface area contributed by atoms with Crippen molar-refractivity contribution in [2.45, 2.75) is 369 Å². The number of nitrogens with one attached hydrogen (secondary N) is 1. The van der Waals surface area contributed by atoms with Gasteiger partial charge >= 0.3 is 0 Å². The lowest BCUT2D eigenvalue weighted by Crippen LogP contribution is -2.66. The third kappa shape index (κ3) is 41.9. The molecule has 3 fully saturated rings. The molecule has 19 heteroatoms. The van der Waals surface area contributed by atoms with Gasteiger partial charge in [-0.3, -0.25) is 4.79 Å². The van der Waals surface area contributed by atoms with E-state index in [0.717, 1.165) is 89.9 Å². The zero-order valence-electron chi connectivity index (χ0n) is 62.5. The molecule has 0 radical (unpaired) electrons. The monoisotopic (exact) mass is 1440 g/mol. The standard InChI is InChI=1S/C83H141NO18/c1-3-5-7-9-11-13-15-17-19-21-23-25-27-29-30-31-32-33-34-35-37-38-40-42-44-46-48-50-52-54-56-58-60-67(88)66(84-71(89)61-59-57-55-53-51-49-47-45-43-41-39-36-28-26-24-22-20-18-16-14-12-10-8-6-4-2)65-97-81-77(95)74(92)79(69(63-86)99-81)102-83-78(96)75(93)80(70(64-87)100-83)101-82-76(94)73(91)72(90)68(62-85)98-82/h6,8,12,14,18,20,24,26,36,39,42-45,49-52,58,60,66-70,72-83,85-88,90-96H,3-5,7,9-11,13,15-17,19,21-23,25,27-35,37-38,40-41,46-48,53-57,59,61-65H2,1-2H3,(H,84,89)/b8-6-,14-12-,20-18-,26-24-,39-36-,44-42+,45-43-,51-49-,52-50+,60-58+. The SMILES string of the molecule is CC/C=C\C/C=C\C/C=C\C/C=C\C/C=C\C/C=C\C/C=C\CCCCCC(=O)NC(COC1OC(CO)C(OC2OC(CO)C(OC3OC(CO)C(O)C(O)C3O)C(O)C2O)C(O)C1O)C(O)/C=C/CC/C=C/CC/C=C/CCCCCCCCCCCCCCCCCCCCCCCC. The van der Waals surface area contributed by atoms with E-state index >= 15 is 0 Å². The molecule has 12 N–H and O–H groups in total. The van der Waals surface area contributed by atoms with Crippen molar-refractivity contribution in [3.63, 3.8) is 0 Å². The quantitative estimate of drug-likeness (QED) is 0.0199. The predicted molar refractivity (Wildman–Crippen MR) is 406 cm³/mol. The van der Waals surface area contributed by atoms with Crippen LogP contribution in [0.2, 0.25) is 0 Å². The van der Waals surface area contributed by atoms with Crippen molar-refractivity contribution < 1.29 is 89.4 Å². The van der Waals surface area contributed by atoms with Crippen LogP contribution in [0.5, 0.6) is 0 Å². The van der Waals surface area contributed by atoms with E-state index in [9.17, 15) is 61.0 Å². The molecule has 0 aromatic heterocycles. The summed E-state index contributed by atoms with van der Waals surface area (Å²) in [7, 11) is 0. The number of hydrogen-bond donors (Lipinski definition) is 12. The lowest BCUT2D eigenvalue weighted by Gasteiger charge is -2.48. The van der Waals surface area contributed by atoms with Crippen LogP contribution in [-0.4, -0.2) is 193 Å². The summed E-state index contributed by atoms with van der Waals surface area (Å²) < 4.78 is 34.4. The number of aliphatic hydroxyl groups is 11. The van der Waals surface area contributed by atoms with Gasteiger partial charge in [-0.25, -0.2) is 0 Å². The van der Waals surface area contributed by atoms with Crippen LogP contribution in [0.3, 0.4) is 0 Å². The second kappa shape index (κ2) is 62.3. The fraction of sp³-hybridized carbons (Fsp3) is 0.747. The van der Waals surface area contributed by atoms with Crippen molar-refractivity contribution in [3.8, 4) is 0 Å². The normalized spacial score (nSPS) is 26.9. The molecule has 0 saturated carbocycles. The maximum Gasteiger partial charge on any atom is 0.220 e. The molecule has 3 saturated heterocycles. The van der Waals surface area contributed by atoms with Crippen molar-refractivity contribution in [1.29, 1.82) is 0 Å². The Morgan fingerprint density at radius 3 is 1.10 bits per heavy atom. The highest BCUT2D eigenvalue weighted by Crippen LogP contribution is 2.33. The van der Waals surface area contributed by atoms with E-state index in [-0.39, 0.29) is 12.3 Å². The second-order valence-electron chi connectivity index (χ2n) is 27.8. The molecule has 17 atom stereocenters. The van der Waals surface area contributed by atoms with Gasteiger partial charge in [0.25, 0.3) is 0 Å². The zero-order valence-corrected chi connectivity index (χ0v) is 62.5. The summed E-state index contributed by atoms with van der Waals surface area (Å²) >= 11 is 0. The molecule has 0 spiro atoms. The number of ether oxygens (including phenoxy) is 6. The highest BCUT2D eigenvalue weighted by molar-refractivity contribution is 5.76. The largest absolute Gasteiger partial charge is 0.394 e. The van der Waals surface area contributed by atoms with Crippen molar-refractivity contribution in [2.75, 3.05) is 26.4 Å². The Bertz CT molecular complexity index is 2320. The maximum atomic E-state index is 13.4. The van der Waals surface area contributed by atoms with Crippen LogP contribution in [0.25, 0.3) is 0 Å². The Balaban J connectivity index is 1.42. The number of unbranched alkanes of at least 4 members (excludes halogenated alkanes) is 27. The highest BCUT2D eigenvalue weighted by atomic mass is 16.8. The fourth-order valence-corrected chi connectivity index (χ4v) is 12.6. The molecule has 3 rings (SSSR count). The van der Waals surface area contributed by atoms with Crippen molar-refractivity contribution in [1.82, 2.24) is 5.32 Å². The first-order chi connectivity index (χ1) is 49.8. The predicted octanol–water partition coefficient (Wildman–Crippen LogP) is 13.1. The Labute approximate surface area is 614 Å². The minimum atomic E-state index is -1.99. The Morgan fingerprint density at radius 1 is 0.363 bits per heavy atom. The van der Waals surface area contributed by atoms with Crippen molar-refractivity contribution in [2.24, 2.45) is 0 Å². The van der Waals surface area contributed by atoms with Crippen LogP contribution in [0.15, 0.2) is 122 Å². The van der Waals surface area contributed by atoms with Crippen LogP contribution in [0.4, 0.5) is 0 Å². The van der Waals surface area contributed by atoms with Crippen LogP contribution >= 0.6 is 0 Å². The first kappa shape index (κ1) is 92.4. The zero-order chi connectivity index (χ0) is 73.9. The van der Waals surface area contributed by atoms with Gasteiger partial charge in [-0.2, -0.15) is 0 Å². The van der Waals surface area contributed by atoms with Crippen LogP contribution in [0.1, 0.15) is 264 Å². The number of allylic oxidation sites excluding steroid dienone is 19. The summed E-state index contributed by atoms with van der Waals surface area (Å²) in [5.74, 6) is -0.325. The van der Waals surface area contributed by atoms with E-state index in [1.807, 2.05) is 6.08 Å². The number of carbonyl (C=O) groups is 1. The summed E-state index contributed by atoms with van der Waals surface area (Å²) in [5.41, 5.74) is 0. The van der Waals surface area contributed by atoms with E-state index in [1.165, 1.54) is 141 Å². The highest BCUT2D eigenvalue weighted by Gasteiger charge is 2.53. The smallest absolute Gasteiger partial charge is 0.220 e. The Hall–Kier alpha value is -3.81. The van der Waals surface area contributed by atoms with E-state index < -0.39 is 131 Å². The molecule has 3 aliphatic rings. The molecule has 17 unspecified atom stereocenters. The maximum absolute atomic E-state index is 13.4. The van der Waals surface area contributed by atoms with Crippen LogP contribution in [0, 0.1) is 0 Å². The van der Waals surface area contributed by atoms with E-state index in [2.05, 4.69) is 129 Å². The van der Waals surface area contributed by atoms with E-state index in [0.29, 0.717) is 12.8 Å². The molecule has 1 amide bonds. The van der Waals surface area contributed by atoms with E-state index in [1.54, 1.807) is 6.08 Å². The van der Waals surface area contributed by atoms with Crippen molar-refractivity contribution in [3.05, 3.63) is 122 Å². The molecule has 0 aromatic rings. The van der Waals surface area contributed by atoms with Gasteiger partial charge in [0, 0.05) is 6.42 Å². The van der Waals surface area contributed by atoms with Gasteiger partial charge in [0.05, 0.1) is 38.6 Å². The average Bonchev–Trinajstić information content (AvgIpc) is 0.781. The molecular formula is C83H141NO18. The molecule has 102 heavy (non-hydrogen) atoms. The molecule has 19 nitrogen and oxygen atoms in total. The molecule has 0 aliphatic carbocycles. The topological polar surface area (TPSA) is 307 Å². The van der Waals surface area contributed by atoms with Gasteiger partial charge in [0.1, 0.15) is 73.2 Å². The number of carbonyl (C=O) groups excluding carboxylic acids is 1. The summed E-state index contributed by atoms with van der Waals surface area (Å²) in [5, 5.41) is 121. The molecule has 0 bridgehead atoms. The molecular weight excluding hydrogens is 1300 g/mol. The lowest BCUT2D eigenvalue weighted by molar-refractivity contribution is -0.379. The fourth-order valence-electron chi connectivity index (χ4n) is 12.6. The third-order valence-corrected chi connectivity index (χ3v) is 19.0. The van der Waals surface area contributed by atoms with Crippen molar-refractivity contribution >= 4 is 5.91 Å². The summed E-state index contributed by atoms with van der Waals surface area (Å²) in [6.07, 6.45) is 60.5.